The summed E-state index contributed by atoms with van der Waals surface area (Å²) in [5, 5.41) is 0. The van der Waals surface area contributed by atoms with Gasteiger partial charge in [0.15, 0.2) is 0 Å². The molecule has 0 radical (unpaired) electrons. The lowest BCUT2D eigenvalue weighted by Crippen LogP contribution is -2.15. The maximum absolute atomic E-state index is 11.6. The highest BCUT2D eigenvalue weighted by Crippen LogP contribution is 2.41. The lowest BCUT2D eigenvalue weighted by atomic mass is 9.94. The highest BCUT2D eigenvalue weighted by molar-refractivity contribution is 5.85. The van der Waals surface area contributed by atoms with Gasteiger partial charge in [0, 0.05) is 11.8 Å². The molecular weight excluding hydrogens is 136 g/mol. The van der Waals surface area contributed by atoms with Crippen molar-refractivity contribution in [2.75, 3.05) is 0 Å². The van der Waals surface area contributed by atoms with Gasteiger partial charge in [0.05, 0.1) is 0 Å². The molecular formula is C10H18O. The number of hydrogen-bond acceptors (Lipinski definition) is 1. The van der Waals surface area contributed by atoms with E-state index in [9.17, 15) is 4.79 Å². The first-order valence-corrected chi connectivity index (χ1v) is 4.74. The summed E-state index contributed by atoms with van der Waals surface area (Å²) >= 11 is 0. The maximum atomic E-state index is 11.6. The van der Waals surface area contributed by atoms with Crippen LogP contribution in [-0.2, 0) is 4.79 Å². The zero-order valence-corrected chi connectivity index (χ0v) is 7.76. The van der Waals surface area contributed by atoms with Crippen LogP contribution in [-0.4, -0.2) is 5.78 Å². The Morgan fingerprint density at radius 2 is 1.91 bits per heavy atom. The van der Waals surface area contributed by atoms with Crippen LogP contribution in [0.4, 0.5) is 0 Å². The van der Waals surface area contributed by atoms with Crippen LogP contribution in [0.25, 0.3) is 0 Å². The molecule has 0 bridgehead atoms. The number of carbonyl (C=O) groups excluding carboxylic acids is 1. The zero-order valence-electron chi connectivity index (χ0n) is 7.76. The number of ketones is 1. The standard InChI is InChI=1S/C10H18O/c1-4-8(5-2)10(11)9-6-7(9)3/h7-9H,4-6H2,1-3H3. The monoisotopic (exact) mass is 154 g/mol. The van der Waals surface area contributed by atoms with Gasteiger partial charge in [-0.1, -0.05) is 20.8 Å². The van der Waals surface area contributed by atoms with Crippen molar-refractivity contribution in [2.24, 2.45) is 17.8 Å². The van der Waals surface area contributed by atoms with Crippen LogP contribution in [0.1, 0.15) is 40.0 Å². The van der Waals surface area contributed by atoms with Gasteiger partial charge in [-0.2, -0.15) is 0 Å². The molecule has 0 aromatic heterocycles. The van der Waals surface area contributed by atoms with Gasteiger partial charge >= 0.3 is 0 Å². The van der Waals surface area contributed by atoms with Gasteiger partial charge < -0.3 is 0 Å². The highest BCUT2D eigenvalue weighted by atomic mass is 16.1. The van der Waals surface area contributed by atoms with E-state index in [1.165, 1.54) is 0 Å². The molecule has 1 nitrogen and oxygen atoms in total. The molecule has 2 atom stereocenters. The fourth-order valence-corrected chi connectivity index (χ4v) is 1.71. The largest absolute Gasteiger partial charge is 0.299 e. The fraction of sp³-hybridized carbons (Fsp3) is 0.900. The molecule has 11 heavy (non-hydrogen) atoms. The first kappa shape index (κ1) is 8.76. The maximum Gasteiger partial charge on any atom is 0.139 e. The Hall–Kier alpha value is -0.330. The quantitative estimate of drug-likeness (QED) is 0.608. The van der Waals surface area contributed by atoms with Crippen molar-refractivity contribution in [1.82, 2.24) is 0 Å². The summed E-state index contributed by atoms with van der Waals surface area (Å²) in [6.07, 6.45) is 3.20. The van der Waals surface area contributed by atoms with E-state index in [2.05, 4.69) is 20.8 Å². The summed E-state index contributed by atoms with van der Waals surface area (Å²) in [6.45, 7) is 6.39. The van der Waals surface area contributed by atoms with Crippen LogP contribution in [0.3, 0.4) is 0 Å². The van der Waals surface area contributed by atoms with Gasteiger partial charge in [-0.05, 0) is 25.2 Å². The summed E-state index contributed by atoms with van der Waals surface area (Å²) in [5.74, 6) is 2.00. The van der Waals surface area contributed by atoms with E-state index in [0.29, 0.717) is 23.5 Å². The fourth-order valence-electron chi connectivity index (χ4n) is 1.71. The molecule has 0 heterocycles. The van der Waals surface area contributed by atoms with Crippen molar-refractivity contribution in [2.45, 2.75) is 40.0 Å². The predicted octanol–water partition coefficient (Wildman–Crippen LogP) is 2.65. The summed E-state index contributed by atoms with van der Waals surface area (Å²) in [7, 11) is 0. The van der Waals surface area contributed by atoms with Crippen LogP contribution < -0.4 is 0 Å². The van der Waals surface area contributed by atoms with Crippen LogP contribution in [0.15, 0.2) is 0 Å². The zero-order chi connectivity index (χ0) is 8.43. The SMILES string of the molecule is CCC(CC)C(=O)C1CC1C. The van der Waals surface area contributed by atoms with E-state index < -0.39 is 0 Å². The van der Waals surface area contributed by atoms with Gasteiger partial charge in [-0.15, -0.1) is 0 Å². The van der Waals surface area contributed by atoms with Gasteiger partial charge in [-0.3, -0.25) is 4.79 Å². The second kappa shape index (κ2) is 3.38. The average molecular weight is 154 g/mol. The summed E-state index contributed by atoms with van der Waals surface area (Å²) in [4.78, 5) is 11.6. The van der Waals surface area contributed by atoms with Gasteiger partial charge in [0.1, 0.15) is 5.78 Å². The van der Waals surface area contributed by atoms with Crippen LogP contribution in [0, 0.1) is 17.8 Å². The molecule has 0 spiro atoms. The Balaban J connectivity index is 2.39. The Kier molecular flexibility index (Phi) is 2.69. The second-order valence-electron chi connectivity index (χ2n) is 3.74. The molecule has 0 aliphatic heterocycles. The Labute approximate surface area is 69.2 Å². The smallest absolute Gasteiger partial charge is 0.139 e. The van der Waals surface area contributed by atoms with E-state index in [4.69, 9.17) is 0 Å². The average Bonchev–Trinajstić information content (AvgIpc) is 2.69. The third-order valence-electron chi connectivity index (χ3n) is 2.86. The minimum Gasteiger partial charge on any atom is -0.299 e. The molecule has 1 rings (SSSR count). The molecule has 0 amide bonds. The predicted molar refractivity (Wildman–Crippen MR) is 46.4 cm³/mol. The summed E-state index contributed by atoms with van der Waals surface area (Å²) < 4.78 is 0. The van der Waals surface area contributed by atoms with E-state index >= 15 is 0 Å². The molecule has 0 aromatic carbocycles. The number of rotatable bonds is 4. The molecule has 1 aliphatic rings. The number of hydrogen-bond donors (Lipinski definition) is 0. The van der Waals surface area contributed by atoms with Crippen LogP contribution in [0.2, 0.25) is 0 Å². The lowest BCUT2D eigenvalue weighted by Gasteiger charge is -2.09. The molecule has 1 saturated carbocycles. The molecule has 0 aromatic rings. The third-order valence-corrected chi connectivity index (χ3v) is 2.86. The highest BCUT2D eigenvalue weighted by Gasteiger charge is 2.40. The normalized spacial score (nSPS) is 29.1. The number of carbonyl (C=O) groups is 1. The van der Waals surface area contributed by atoms with Gasteiger partial charge in [0.25, 0.3) is 0 Å². The molecule has 1 fully saturated rings. The molecule has 64 valence electrons. The molecule has 1 aliphatic carbocycles. The van der Waals surface area contributed by atoms with Gasteiger partial charge in [-0.25, -0.2) is 0 Å². The second-order valence-corrected chi connectivity index (χ2v) is 3.74. The van der Waals surface area contributed by atoms with Crippen molar-refractivity contribution in [3.8, 4) is 0 Å². The van der Waals surface area contributed by atoms with E-state index in [1.54, 1.807) is 0 Å². The van der Waals surface area contributed by atoms with Crippen molar-refractivity contribution in [1.29, 1.82) is 0 Å². The van der Waals surface area contributed by atoms with E-state index in [1.807, 2.05) is 0 Å². The van der Waals surface area contributed by atoms with Crippen molar-refractivity contribution < 1.29 is 4.79 Å². The Bertz CT molecular complexity index is 147. The van der Waals surface area contributed by atoms with E-state index in [-0.39, 0.29) is 0 Å². The summed E-state index contributed by atoms with van der Waals surface area (Å²) in [5.41, 5.74) is 0. The van der Waals surface area contributed by atoms with Crippen molar-refractivity contribution in [3.05, 3.63) is 0 Å². The minimum absolute atomic E-state index is 0.352. The molecule has 0 saturated heterocycles. The number of Topliss-reactive ketones (excluding diaryl/α,β-unsaturated/α-hetero) is 1. The molecule has 0 N–H and O–H groups in total. The summed E-state index contributed by atoms with van der Waals surface area (Å²) in [6, 6.07) is 0. The Morgan fingerprint density at radius 3 is 2.18 bits per heavy atom. The lowest BCUT2D eigenvalue weighted by molar-refractivity contribution is -0.124. The van der Waals surface area contributed by atoms with Crippen molar-refractivity contribution >= 4 is 5.78 Å². The molecule has 2 unspecified atom stereocenters. The Morgan fingerprint density at radius 1 is 1.45 bits per heavy atom. The molecule has 1 heteroatoms. The van der Waals surface area contributed by atoms with E-state index in [0.717, 1.165) is 19.3 Å². The first-order valence-electron chi connectivity index (χ1n) is 4.74. The third kappa shape index (κ3) is 1.82. The minimum atomic E-state index is 0.352. The van der Waals surface area contributed by atoms with Crippen LogP contribution >= 0.6 is 0 Å². The van der Waals surface area contributed by atoms with Crippen LogP contribution in [0.5, 0.6) is 0 Å². The topological polar surface area (TPSA) is 17.1 Å². The first-order chi connectivity index (χ1) is 5.20. The van der Waals surface area contributed by atoms with Gasteiger partial charge in [0.2, 0.25) is 0 Å². The van der Waals surface area contributed by atoms with Crippen molar-refractivity contribution in [3.63, 3.8) is 0 Å².